The summed E-state index contributed by atoms with van der Waals surface area (Å²) in [6.07, 6.45) is 0. The van der Waals surface area contributed by atoms with Crippen molar-refractivity contribution in [3.63, 3.8) is 0 Å². The maximum atomic E-state index is 12.3. The van der Waals surface area contributed by atoms with E-state index in [-0.39, 0.29) is 5.91 Å². The minimum Gasteiger partial charge on any atom is -0.496 e. The van der Waals surface area contributed by atoms with Crippen LogP contribution in [0.25, 0.3) is 0 Å². The van der Waals surface area contributed by atoms with Gasteiger partial charge in [-0.2, -0.15) is 0 Å². The van der Waals surface area contributed by atoms with Crippen molar-refractivity contribution in [2.24, 2.45) is 0 Å². The summed E-state index contributed by atoms with van der Waals surface area (Å²) in [5.41, 5.74) is 1.26. The molecule has 2 rings (SSSR count). The highest BCUT2D eigenvalue weighted by Gasteiger charge is 2.17. The Morgan fingerprint density at radius 2 is 2.16 bits per heavy atom. The summed E-state index contributed by atoms with van der Waals surface area (Å²) in [4.78, 5) is 13.9. The SMILES string of the molecule is COc1ccccc1C(=O)N(C)Cc1cc(C)on1. The van der Waals surface area contributed by atoms with E-state index in [9.17, 15) is 4.79 Å². The van der Waals surface area contributed by atoms with E-state index in [1.165, 1.54) is 0 Å². The van der Waals surface area contributed by atoms with Gasteiger partial charge in [0, 0.05) is 13.1 Å². The minimum absolute atomic E-state index is 0.113. The zero-order valence-electron chi connectivity index (χ0n) is 11.2. The highest BCUT2D eigenvalue weighted by atomic mass is 16.5. The van der Waals surface area contributed by atoms with E-state index in [2.05, 4.69) is 5.16 Å². The second-order valence-corrected chi connectivity index (χ2v) is 4.29. The maximum Gasteiger partial charge on any atom is 0.257 e. The molecule has 0 saturated heterocycles. The number of para-hydroxylation sites is 1. The Morgan fingerprint density at radius 1 is 1.42 bits per heavy atom. The molecule has 0 radical (unpaired) electrons. The Labute approximate surface area is 111 Å². The third-order valence-corrected chi connectivity index (χ3v) is 2.76. The molecule has 100 valence electrons. The quantitative estimate of drug-likeness (QED) is 0.846. The topological polar surface area (TPSA) is 55.6 Å². The summed E-state index contributed by atoms with van der Waals surface area (Å²) >= 11 is 0. The average Bonchev–Trinajstić information content (AvgIpc) is 2.83. The number of nitrogens with zero attached hydrogens (tertiary/aromatic N) is 2. The fourth-order valence-electron chi connectivity index (χ4n) is 1.83. The molecule has 5 heteroatoms. The van der Waals surface area contributed by atoms with Crippen LogP contribution < -0.4 is 4.74 Å². The smallest absolute Gasteiger partial charge is 0.257 e. The molecule has 0 spiro atoms. The number of benzene rings is 1. The van der Waals surface area contributed by atoms with Crippen molar-refractivity contribution < 1.29 is 14.1 Å². The molecule has 0 fully saturated rings. The largest absolute Gasteiger partial charge is 0.496 e. The Morgan fingerprint density at radius 3 is 2.79 bits per heavy atom. The number of methoxy groups -OCH3 is 1. The number of carbonyl (C=O) groups excluding carboxylic acids is 1. The molecular weight excluding hydrogens is 244 g/mol. The summed E-state index contributed by atoms with van der Waals surface area (Å²) in [5.74, 6) is 1.18. The van der Waals surface area contributed by atoms with Gasteiger partial charge in [-0.1, -0.05) is 17.3 Å². The Hall–Kier alpha value is -2.30. The van der Waals surface area contributed by atoms with Crippen molar-refractivity contribution in [2.75, 3.05) is 14.2 Å². The third-order valence-electron chi connectivity index (χ3n) is 2.76. The molecule has 0 atom stereocenters. The van der Waals surface area contributed by atoms with Gasteiger partial charge in [-0.05, 0) is 19.1 Å². The second kappa shape index (κ2) is 5.56. The number of ether oxygens (including phenoxy) is 1. The molecule has 1 amide bonds. The van der Waals surface area contributed by atoms with E-state index in [0.717, 1.165) is 11.5 Å². The number of aromatic nitrogens is 1. The fraction of sp³-hybridized carbons (Fsp3) is 0.286. The number of hydrogen-bond donors (Lipinski definition) is 0. The molecule has 0 bridgehead atoms. The van der Waals surface area contributed by atoms with Crippen LogP contribution in [0.15, 0.2) is 34.9 Å². The minimum atomic E-state index is -0.113. The van der Waals surface area contributed by atoms with Crippen LogP contribution in [-0.4, -0.2) is 30.1 Å². The molecule has 1 heterocycles. The third kappa shape index (κ3) is 2.93. The van der Waals surface area contributed by atoms with Crippen molar-refractivity contribution in [1.82, 2.24) is 10.1 Å². The molecular formula is C14H16N2O3. The van der Waals surface area contributed by atoms with Crippen molar-refractivity contribution >= 4 is 5.91 Å². The highest BCUT2D eigenvalue weighted by Crippen LogP contribution is 2.19. The maximum absolute atomic E-state index is 12.3. The van der Waals surface area contributed by atoms with Crippen molar-refractivity contribution in [3.05, 3.63) is 47.3 Å². The van der Waals surface area contributed by atoms with E-state index >= 15 is 0 Å². The Kier molecular flexibility index (Phi) is 3.85. The average molecular weight is 260 g/mol. The van der Waals surface area contributed by atoms with Crippen molar-refractivity contribution in [3.8, 4) is 5.75 Å². The molecule has 0 aliphatic heterocycles. The van der Waals surface area contributed by atoms with Crippen LogP contribution in [0.2, 0.25) is 0 Å². The molecule has 0 aliphatic rings. The standard InChI is InChI=1S/C14H16N2O3/c1-10-8-11(15-19-10)9-16(2)14(17)12-6-4-5-7-13(12)18-3/h4-8H,9H2,1-3H3. The molecule has 0 aliphatic carbocycles. The van der Waals surface area contributed by atoms with Gasteiger partial charge in [-0.15, -0.1) is 0 Å². The van der Waals surface area contributed by atoms with E-state index in [0.29, 0.717) is 17.9 Å². The first-order valence-electron chi connectivity index (χ1n) is 5.92. The summed E-state index contributed by atoms with van der Waals surface area (Å²) in [6, 6.07) is 8.96. The normalized spacial score (nSPS) is 10.3. The van der Waals surface area contributed by atoms with E-state index < -0.39 is 0 Å². The van der Waals surface area contributed by atoms with Crippen LogP contribution in [0.3, 0.4) is 0 Å². The Bertz CT molecular complexity index is 578. The molecule has 5 nitrogen and oxygen atoms in total. The Balaban J connectivity index is 2.14. The first kappa shape index (κ1) is 13.1. The van der Waals surface area contributed by atoms with Crippen molar-refractivity contribution in [2.45, 2.75) is 13.5 Å². The van der Waals surface area contributed by atoms with E-state index in [1.807, 2.05) is 25.1 Å². The molecule has 0 unspecified atom stereocenters. The fourth-order valence-corrected chi connectivity index (χ4v) is 1.83. The van der Waals surface area contributed by atoms with Gasteiger partial charge in [-0.25, -0.2) is 0 Å². The number of carbonyl (C=O) groups is 1. The van der Waals surface area contributed by atoms with Gasteiger partial charge >= 0.3 is 0 Å². The first-order chi connectivity index (χ1) is 9.11. The highest BCUT2D eigenvalue weighted by molar-refractivity contribution is 5.96. The van der Waals surface area contributed by atoms with Gasteiger partial charge in [0.1, 0.15) is 17.2 Å². The lowest BCUT2D eigenvalue weighted by Gasteiger charge is -2.17. The van der Waals surface area contributed by atoms with Gasteiger partial charge in [0.05, 0.1) is 19.2 Å². The van der Waals surface area contributed by atoms with Gasteiger partial charge in [0.2, 0.25) is 0 Å². The van der Waals surface area contributed by atoms with Crippen LogP contribution in [0.4, 0.5) is 0 Å². The summed E-state index contributed by atoms with van der Waals surface area (Å²) in [5, 5.41) is 3.87. The molecule has 19 heavy (non-hydrogen) atoms. The lowest BCUT2D eigenvalue weighted by Crippen LogP contribution is -2.26. The molecule has 0 N–H and O–H groups in total. The molecule has 1 aromatic carbocycles. The summed E-state index contributed by atoms with van der Waals surface area (Å²) < 4.78 is 10.2. The van der Waals surface area contributed by atoms with E-state index in [1.54, 1.807) is 31.2 Å². The number of hydrogen-bond acceptors (Lipinski definition) is 4. The zero-order valence-corrected chi connectivity index (χ0v) is 11.2. The monoisotopic (exact) mass is 260 g/mol. The second-order valence-electron chi connectivity index (χ2n) is 4.29. The van der Waals surface area contributed by atoms with Gasteiger partial charge in [0.15, 0.2) is 0 Å². The van der Waals surface area contributed by atoms with Crippen LogP contribution >= 0.6 is 0 Å². The van der Waals surface area contributed by atoms with Gasteiger partial charge in [-0.3, -0.25) is 4.79 Å². The van der Waals surface area contributed by atoms with Crippen LogP contribution in [0.5, 0.6) is 5.75 Å². The zero-order chi connectivity index (χ0) is 13.8. The lowest BCUT2D eigenvalue weighted by molar-refractivity contribution is 0.0779. The van der Waals surface area contributed by atoms with Crippen LogP contribution in [-0.2, 0) is 6.54 Å². The number of amides is 1. The van der Waals surface area contributed by atoms with E-state index in [4.69, 9.17) is 9.26 Å². The molecule has 2 aromatic rings. The predicted molar refractivity (Wildman–Crippen MR) is 70.0 cm³/mol. The van der Waals surface area contributed by atoms with Crippen molar-refractivity contribution in [1.29, 1.82) is 0 Å². The summed E-state index contributed by atoms with van der Waals surface area (Å²) in [6.45, 7) is 2.22. The molecule has 0 saturated carbocycles. The summed E-state index contributed by atoms with van der Waals surface area (Å²) in [7, 11) is 3.27. The van der Waals surface area contributed by atoms with Crippen LogP contribution in [0, 0.1) is 6.92 Å². The lowest BCUT2D eigenvalue weighted by atomic mass is 10.1. The predicted octanol–water partition coefficient (Wildman–Crippen LogP) is 2.26. The molecule has 1 aromatic heterocycles. The number of aryl methyl sites for hydroxylation is 1. The van der Waals surface area contributed by atoms with Gasteiger partial charge in [0.25, 0.3) is 5.91 Å². The van der Waals surface area contributed by atoms with Crippen LogP contribution in [0.1, 0.15) is 21.8 Å². The first-order valence-corrected chi connectivity index (χ1v) is 5.92. The van der Waals surface area contributed by atoms with Gasteiger partial charge < -0.3 is 14.2 Å². The number of rotatable bonds is 4.